The van der Waals surface area contributed by atoms with Gasteiger partial charge in [-0.3, -0.25) is 4.79 Å². The van der Waals surface area contributed by atoms with Crippen LogP contribution in [0.25, 0.3) is 10.9 Å². The molecular formula is C18H15ClN2O3. The van der Waals surface area contributed by atoms with E-state index in [1.807, 2.05) is 42.5 Å². The van der Waals surface area contributed by atoms with Gasteiger partial charge >= 0.3 is 0 Å². The van der Waals surface area contributed by atoms with Gasteiger partial charge in [-0.15, -0.1) is 0 Å². The molecule has 0 saturated heterocycles. The van der Waals surface area contributed by atoms with Crippen LogP contribution in [0.4, 0.5) is 0 Å². The van der Waals surface area contributed by atoms with Crippen molar-refractivity contribution in [1.29, 1.82) is 0 Å². The molecule has 4 rings (SSSR count). The minimum atomic E-state index is -0.211. The number of fused-ring (bicyclic) bond motifs is 2. The van der Waals surface area contributed by atoms with Crippen LogP contribution in [0.1, 0.15) is 16.1 Å². The van der Waals surface area contributed by atoms with Crippen LogP contribution < -0.4 is 14.8 Å². The van der Waals surface area contributed by atoms with Crippen molar-refractivity contribution < 1.29 is 14.3 Å². The number of nitrogens with one attached hydrogen (secondary N) is 2. The van der Waals surface area contributed by atoms with Gasteiger partial charge in [-0.2, -0.15) is 0 Å². The molecule has 0 fully saturated rings. The first kappa shape index (κ1) is 14.9. The Morgan fingerprint density at radius 2 is 2.00 bits per heavy atom. The van der Waals surface area contributed by atoms with Crippen molar-refractivity contribution in [3.63, 3.8) is 0 Å². The Kier molecular flexibility index (Phi) is 3.78. The van der Waals surface area contributed by atoms with Crippen LogP contribution in [0.15, 0.2) is 42.5 Å². The van der Waals surface area contributed by atoms with Gasteiger partial charge in [-0.1, -0.05) is 35.9 Å². The Bertz CT molecular complexity index is 920. The van der Waals surface area contributed by atoms with Gasteiger partial charge in [0.15, 0.2) is 11.5 Å². The van der Waals surface area contributed by atoms with Crippen LogP contribution in [-0.4, -0.2) is 24.2 Å². The molecule has 0 saturated carbocycles. The van der Waals surface area contributed by atoms with Crippen molar-refractivity contribution in [1.82, 2.24) is 10.3 Å². The number of halogens is 1. The van der Waals surface area contributed by atoms with Crippen molar-refractivity contribution in [2.75, 3.05) is 13.3 Å². The molecule has 24 heavy (non-hydrogen) atoms. The van der Waals surface area contributed by atoms with Gasteiger partial charge < -0.3 is 19.8 Å². The van der Waals surface area contributed by atoms with Crippen molar-refractivity contribution in [2.24, 2.45) is 0 Å². The lowest BCUT2D eigenvalue weighted by atomic mass is 10.1. The summed E-state index contributed by atoms with van der Waals surface area (Å²) < 4.78 is 10.6. The molecule has 122 valence electrons. The largest absolute Gasteiger partial charge is 0.454 e. The highest BCUT2D eigenvalue weighted by molar-refractivity contribution is 6.38. The quantitative estimate of drug-likeness (QED) is 0.762. The second-order valence-corrected chi connectivity index (χ2v) is 5.93. The van der Waals surface area contributed by atoms with E-state index in [9.17, 15) is 4.79 Å². The van der Waals surface area contributed by atoms with E-state index in [1.54, 1.807) is 0 Å². The maximum atomic E-state index is 12.3. The first-order chi connectivity index (χ1) is 11.7. The number of carbonyl (C=O) groups excluding carboxylic acids is 1. The van der Waals surface area contributed by atoms with Crippen LogP contribution in [0.3, 0.4) is 0 Å². The van der Waals surface area contributed by atoms with Gasteiger partial charge in [0, 0.05) is 17.4 Å². The Balaban J connectivity index is 1.42. The van der Waals surface area contributed by atoms with Crippen molar-refractivity contribution in [3.8, 4) is 11.5 Å². The molecule has 0 bridgehead atoms. The molecule has 6 heteroatoms. The molecule has 2 N–H and O–H groups in total. The molecule has 0 spiro atoms. The summed E-state index contributed by atoms with van der Waals surface area (Å²) in [6.07, 6.45) is 0.695. The molecular weight excluding hydrogens is 328 g/mol. The van der Waals surface area contributed by atoms with Crippen molar-refractivity contribution in [3.05, 3.63) is 58.7 Å². The lowest BCUT2D eigenvalue weighted by Crippen LogP contribution is -2.26. The summed E-state index contributed by atoms with van der Waals surface area (Å²) in [5.41, 5.74) is 2.31. The zero-order valence-corrected chi connectivity index (χ0v) is 13.5. The molecule has 1 aliphatic heterocycles. The molecule has 1 aliphatic rings. The maximum absolute atomic E-state index is 12.3. The Morgan fingerprint density at radius 1 is 1.17 bits per heavy atom. The number of hydrogen-bond donors (Lipinski definition) is 2. The van der Waals surface area contributed by atoms with Crippen LogP contribution in [0.2, 0.25) is 5.02 Å². The Morgan fingerprint density at radius 3 is 2.88 bits per heavy atom. The number of para-hydroxylation sites is 1. The molecule has 1 amide bonds. The average molecular weight is 343 g/mol. The lowest BCUT2D eigenvalue weighted by molar-refractivity contribution is 0.0950. The fraction of sp³-hybridized carbons (Fsp3) is 0.167. The van der Waals surface area contributed by atoms with E-state index in [4.69, 9.17) is 21.1 Å². The third-order valence-corrected chi connectivity index (χ3v) is 4.40. The molecule has 5 nitrogen and oxygen atoms in total. The molecule has 1 aromatic heterocycles. The smallest absolute Gasteiger partial charge is 0.269 e. The molecule has 0 aliphatic carbocycles. The van der Waals surface area contributed by atoms with E-state index in [0.29, 0.717) is 23.7 Å². The number of amides is 1. The van der Waals surface area contributed by atoms with Crippen LogP contribution in [0, 0.1) is 0 Å². The third-order valence-electron chi connectivity index (χ3n) is 4.01. The van der Waals surface area contributed by atoms with E-state index in [2.05, 4.69) is 10.3 Å². The molecule has 2 heterocycles. The summed E-state index contributed by atoms with van der Waals surface area (Å²) in [7, 11) is 0. The number of ether oxygens (including phenoxy) is 2. The van der Waals surface area contributed by atoms with Gasteiger partial charge in [0.2, 0.25) is 6.79 Å². The summed E-state index contributed by atoms with van der Waals surface area (Å²) in [6.45, 7) is 0.762. The zero-order chi connectivity index (χ0) is 16.5. The summed E-state index contributed by atoms with van der Waals surface area (Å²) in [4.78, 5) is 15.4. The number of carbonyl (C=O) groups is 1. The monoisotopic (exact) mass is 342 g/mol. The number of rotatable bonds is 4. The van der Waals surface area contributed by atoms with Crippen LogP contribution in [0.5, 0.6) is 11.5 Å². The molecule has 0 unspecified atom stereocenters. The number of aromatic nitrogens is 1. The zero-order valence-electron chi connectivity index (χ0n) is 12.8. The predicted octanol–water partition coefficient (Wildman–Crippen LogP) is 3.52. The van der Waals surface area contributed by atoms with Gasteiger partial charge in [0.25, 0.3) is 5.91 Å². The fourth-order valence-corrected chi connectivity index (χ4v) is 3.07. The third kappa shape index (κ3) is 2.67. The predicted molar refractivity (Wildman–Crippen MR) is 91.9 cm³/mol. The minimum Gasteiger partial charge on any atom is -0.454 e. The summed E-state index contributed by atoms with van der Waals surface area (Å²) in [6, 6.07) is 13.4. The van der Waals surface area contributed by atoms with E-state index in [1.165, 1.54) is 0 Å². The molecule has 0 radical (unpaired) electrons. The highest BCUT2D eigenvalue weighted by Gasteiger charge is 2.16. The highest BCUT2D eigenvalue weighted by atomic mass is 35.5. The van der Waals surface area contributed by atoms with Gasteiger partial charge in [0.05, 0.1) is 5.02 Å². The molecule has 3 aromatic rings. The summed E-state index contributed by atoms with van der Waals surface area (Å²) in [5.74, 6) is 1.29. The first-order valence-corrected chi connectivity index (χ1v) is 8.03. The molecule has 0 atom stereocenters. The number of aromatic amines is 1. The van der Waals surface area contributed by atoms with E-state index in [-0.39, 0.29) is 12.7 Å². The maximum Gasteiger partial charge on any atom is 0.269 e. The summed E-state index contributed by atoms with van der Waals surface area (Å²) in [5, 5.41) is 4.19. The standard InChI is InChI=1S/C18H15ClN2O3/c19-16-12-3-1-2-4-13(12)21-17(16)18(22)20-8-7-11-5-6-14-15(9-11)24-10-23-14/h1-6,9,21H,7-8,10H2,(H,20,22). The molecule has 2 aromatic carbocycles. The first-order valence-electron chi connectivity index (χ1n) is 7.65. The van der Waals surface area contributed by atoms with Gasteiger partial charge in [-0.25, -0.2) is 0 Å². The summed E-state index contributed by atoms with van der Waals surface area (Å²) >= 11 is 6.29. The van der Waals surface area contributed by atoms with E-state index < -0.39 is 0 Å². The topological polar surface area (TPSA) is 63.4 Å². The van der Waals surface area contributed by atoms with Gasteiger partial charge in [-0.05, 0) is 30.2 Å². The Labute approximate surface area is 143 Å². The fourth-order valence-electron chi connectivity index (χ4n) is 2.77. The normalized spacial score (nSPS) is 12.5. The van der Waals surface area contributed by atoms with E-state index >= 15 is 0 Å². The van der Waals surface area contributed by atoms with Gasteiger partial charge in [0.1, 0.15) is 5.69 Å². The average Bonchev–Trinajstić information content (AvgIpc) is 3.19. The van der Waals surface area contributed by atoms with Crippen molar-refractivity contribution in [2.45, 2.75) is 6.42 Å². The minimum absolute atomic E-state index is 0.211. The van der Waals surface area contributed by atoms with Crippen LogP contribution >= 0.6 is 11.6 Å². The number of H-pyrrole nitrogens is 1. The highest BCUT2D eigenvalue weighted by Crippen LogP contribution is 2.32. The number of hydrogen-bond acceptors (Lipinski definition) is 3. The second-order valence-electron chi connectivity index (χ2n) is 5.55. The van der Waals surface area contributed by atoms with Crippen LogP contribution in [-0.2, 0) is 6.42 Å². The van der Waals surface area contributed by atoms with Crippen molar-refractivity contribution >= 4 is 28.4 Å². The lowest BCUT2D eigenvalue weighted by Gasteiger charge is -2.05. The Hall–Kier alpha value is -2.66. The van der Waals surface area contributed by atoms with E-state index in [0.717, 1.165) is 28.0 Å². The second kappa shape index (κ2) is 6.09. The number of benzene rings is 2. The SMILES string of the molecule is O=C(NCCc1ccc2c(c1)OCO2)c1[nH]c2ccccc2c1Cl.